The molecule has 0 spiro atoms. The van der Waals surface area contributed by atoms with Crippen molar-refractivity contribution in [2.24, 2.45) is 0 Å². The first kappa shape index (κ1) is 28.6. The average Bonchev–Trinajstić information content (AvgIpc) is 3.31. The van der Waals surface area contributed by atoms with Crippen molar-refractivity contribution in [1.29, 1.82) is 0 Å². The molecular formula is C33H35Cl2NOSiZr. The number of halogens is 2. The first-order valence-electron chi connectivity index (χ1n) is 13.7. The molecule has 200 valence electrons. The van der Waals surface area contributed by atoms with Gasteiger partial charge in [0.15, 0.2) is 0 Å². The molecule has 1 aliphatic carbocycles. The fraction of sp³-hybridized carbons (Fsp3) is 0.242. The van der Waals surface area contributed by atoms with Gasteiger partial charge in [0.2, 0.25) is 0 Å². The molecule has 0 atom stereocenters. The second-order valence-electron chi connectivity index (χ2n) is 11.2. The SMILES string of the molecule is CC(C)c1cccc(C(C)C)c1C(=O)[NH][Zr]([Cl])([Cl])(=[SiH]Cc1ccccc1)[c]1cccc2c1Cc1ccccc1-2. The van der Waals surface area contributed by atoms with E-state index in [1.165, 1.54) is 27.8 Å². The van der Waals surface area contributed by atoms with E-state index in [-0.39, 0.29) is 17.7 Å². The Morgan fingerprint density at radius 2 is 1.38 bits per heavy atom. The standard InChI is InChI=1S/C13H19NO.C13H9.C7H8Si.2ClH.Zr/c1-8(2)10-6-5-7-11(9(3)4)12(10)13(14)15;1-3-7-12-10(5-1)9-11-6-2-4-8-13(11)12;8-6-7-4-2-1-3-5-7;;;/h5-9H,1-4H3,(H2,14,15);1-5,7-8H,9H2;1-5,8H,6H2;2*1H;/q;;;;;+3/p-3. The van der Waals surface area contributed by atoms with Crippen LogP contribution in [0.5, 0.6) is 0 Å². The summed E-state index contributed by atoms with van der Waals surface area (Å²) in [6.45, 7) is 8.52. The number of nitrogens with one attached hydrogen (secondary N) is 1. The summed E-state index contributed by atoms with van der Waals surface area (Å²) in [5.41, 5.74) is 8.88. The quantitative estimate of drug-likeness (QED) is 0.178. The molecule has 0 bridgehead atoms. The third-order valence-electron chi connectivity index (χ3n) is 7.83. The van der Waals surface area contributed by atoms with Gasteiger partial charge in [0.05, 0.1) is 0 Å². The molecule has 4 aromatic carbocycles. The summed E-state index contributed by atoms with van der Waals surface area (Å²) in [7, 11) is 15.8. The molecule has 0 saturated heterocycles. The van der Waals surface area contributed by atoms with Gasteiger partial charge in [0.25, 0.3) is 0 Å². The van der Waals surface area contributed by atoms with Crippen LogP contribution >= 0.6 is 17.0 Å². The van der Waals surface area contributed by atoms with E-state index >= 15 is 0 Å². The van der Waals surface area contributed by atoms with Crippen LogP contribution in [0.2, 0.25) is 0 Å². The second-order valence-corrected chi connectivity index (χ2v) is 43.9. The fourth-order valence-electron chi connectivity index (χ4n) is 5.81. The van der Waals surface area contributed by atoms with E-state index in [1.807, 2.05) is 18.2 Å². The van der Waals surface area contributed by atoms with Gasteiger partial charge < -0.3 is 0 Å². The van der Waals surface area contributed by atoms with E-state index in [4.69, 9.17) is 17.0 Å². The van der Waals surface area contributed by atoms with E-state index in [9.17, 15) is 4.79 Å². The maximum atomic E-state index is 14.4. The van der Waals surface area contributed by atoms with Gasteiger partial charge in [0.1, 0.15) is 0 Å². The molecule has 39 heavy (non-hydrogen) atoms. The summed E-state index contributed by atoms with van der Waals surface area (Å²) in [5, 5.41) is 0. The summed E-state index contributed by atoms with van der Waals surface area (Å²) >= 11 is -5.13. The van der Waals surface area contributed by atoms with Crippen molar-refractivity contribution < 1.29 is 20.1 Å². The molecule has 0 radical (unpaired) electrons. The third-order valence-corrected chi connectivity index (χ3v) is 33.0. The molecule has 0 fully saturated rings. The Hall–Kier alpha value is -1.97. The van der Waals surface area contributed by atoms with Crippen molar-refractivity contribution in [3.8, 4) is 11.1 Å². The number of fused-ring (bicyclic) bond motifs is 3. The molecule has 0 unspecified atom stereocenters. The zero-order valence-corrected chi connectivity index (χ0v) is 28.1. The van der Waals surface area contributed by atoms with Crippen molar-refractivity contribution in [2.45, 2.75) is 52.0 Å². The number of amides is 1. The van der Waals surface area contributed by atoms with Crippen LogP contribution in [0.25, 0.3) is 11.1 Å². The van der Waals surface area contributed by atoms with Crippen molar-refractivity contribution >= 4 is 32.4 Å². The molecule has 5 rings (SSSR count). The molecule has 2 nitrogen and oxygen atoms in total. The van der Waals surface area contributed by atoms with Crippen LogP contribution in [-0.2, 0) is 27.8 Å². The average molecular weight is 652 g/mol. The van der Waals surface area contributed by atoms with Crippen molar-refractivity contribution in [3.05, 3.63) is 124 Å². The molecule has 0 saturated carbocycles. The Morgan fingerprint density at radius 3 is 2.05 bits per heavy atom. The number of hydrogen-bond donors (Lipinski definition) is 1. The van der Waals surface area contributed by atoms with Crippen LogP contribution < -0.4 is 6.53 Å². The van der Waals surface area contributed by atoms with Crippen molar-refractivity contribution in [2.75, 3.05) is 0 Å². The van der Waals surface area contributed by atoms with Gasteiger partial charge in [-0.2, -0.15) is 0 Å². The van der Waals surface area contributed by atoms with E-state index < -0.39 is 21.5 Å². The predicted molar refractivity (Wildman–Crippen MR) is 165 cm³/mol. The number of carbonyl (C=O) groups excluding carboxylic acids is 1. The van der Waals surface area contributed by atoms with Gasteiger partial charge in [0, 0.05) is 0 Å². The monoisotopic (exact) mass is 649 g/mol. The van der Waals surface area contributed by atoms with E-state index in [1.54, 1.807) is 0 Å². The Morgan fingerprint density at radius 1 is 0.795 bits per heavy atom. The Kier molecular flexibility index (Phi) is 8.15. The summed E-state index contributed by atoms with van der Waals surface area (Å²) < 4.78 is 4.45. The van der Waals surface area contributed by atoms with E-state index in [0.29, 0.717) is 0 Å². The van der Waals surface area contributed by atoms with E-state index in [2.05, 4.69) is 104 Å². The summed E-state index contributed by atoms with van der Waals surface area (Å²) in [4.78, 5) is 14.4. The molecule has 0 heterocycles. The topological polar surface area (TPSA) is 29.1 Å². The van der Waals surface area contributed by atoms with Crippen LogP contribution in [0.1, 0.15) is 77.7 Å². The predicted octanol–water partition coefficient (Wildman–Crippen LogP) is 8.02. The van der Waals surface area contributed by atoms with Gasteiger partial charge in [-0.1, -0.05) is 0 Å². The van der Waals surface area contributed by atoms with E-state index in [0.717, 1.165) is 32.4 Å². The van der Waals surface area contributed by atoms with Crippen LogP contribution in [0.15, 0.2) is 91.0 Å². The minimum atomic E-state index is -5.13. The van der Waals surface area contributed by atoms with Crippen LogP contribution in [-0.4, -0.2) is 12.1 Å². The van der Waals surface area contributed by atoms with Crippen molar-refractivity contribution in [1.82, 2.24) is 3.26 Å². The second kappa shape index (κ2) is 11.1. The van der Waals surface area contributed by atoms with Gasteiger partial charge >= 0.3 is 243 Å². The zero-order chi connectivity index (χ0) is 27.8. The summed E-state index contributed by atoms with van der Waals surface area (Å²) in [6.07, 6.45) is 0.289. The van der Waals surface area contributed by atoms with Gasteiger partial charge in [-0.3, -0.25) is 0 Å². The third kappa shape index (κ3) is 5.64. The molecule has 0 aromatic heterocycles. The number of carbonyl (C=O) groups is 1. The van der Waals surface area contributed by atoms with Crippen molar-refractivity contribution in [3.63, 3.8) is 0 Å². The number of benzene rings is 4. The molecule has 1 aliphatic rings. The van der Waals surface area contributed by atoms with Gasteiger partial charge in [-0.25, -0.2) is 0 Å². The van der Waals surface area contributed by atoms with Gasteiger partial charge in [-0.15, -0.1) is 0 Å². The Labute approximate surface area is 241 Å². The first-order chi connectivity index (χ1) is 18.6. The molecule has 1 N–H and O–H groups in total. The Bertz CT molecular complexity index is 1600. The minimum absolute atomic E-state index is 0.132. The Balaban J connectivity index is 1.70. The molecule has 6 heteroatoms. The molecular weight excluding hydrogens is 617 g/mol. The first-order valence-corrected chi connectivity index (χ1v) is 28.1. The normalized spacial score (nSPS) is 12.8. The maximum absolute atomic E-state index is 14.4. The van der Waals surface area contributed by atoms with Crippen LogP contribution in [0, 0.1) is 0 Å². The molecule has 4 aromatic rings. The van der Waals surface area contributed by atoms with Crippen LogP contribution in [0.3, 0.4) is 0 Å². The summed E-state index contributed by atoms with van der Waals surface area (Å²) in [6, 6.07) is 32.1. The number of rotatable bonds is 7. The molecule has 0 aliphatic heterocycles. The summed E-state index contributed by atoms with van der Waals surface area (Å²) in [5.74, 6) is 0.262. The fourth-order valence-corrected chi connectivity index (χ4v) is 26.5. The number of hydrogen-bond acceptors (Lipinski definition) is 1. The molecule has 1 amide bonds. The zero-order valence-electron chi connectivity index (χ0n) is 23.0. The van der Waals surface area contributed by atoms with Crippen LogP contribution in [0.4, 0.5) is 0 Å². The van der Waals surface area contributed by atoms with Gasteiger partial charge in [-0.05, 0) is 0 Å².